The molecule has 3 aliphatic carbocycles. The predicted octanol–water partition coefficient (Wildman–Crippen LogP) is 2.82. The minimum absolute atomic E-state index is 0.405. The fraction of sp³-hybridized carbons (Fsp3) is 1.00. The molecule has 108 valence electrons. The van der Waals surface area contributed by atoms with Gasteiger partial charge in [0.05, 0.1) is 17.0 Å². The quantitative estimate of drug-likeness (QED) is 0.758. The van der Waals surface area contributed by atoms with Gasteiger partial charge in [0.1, 0.15) is 0 Å². The summed E-state index contributed by atoms with van der Waals surface area (Å²) in [5.41, 5.74) is 1.22. The topological polar surface area (TPSA) is 9.72 Å². The summed E-state index contributed by atoms with van der Waals surface area (Å²) in [4.78, 5) is 8.55. The van der Waals surface area contributed by atoms with Gasteiger partial charge < -0.3 is 0 Å². The van der Waals surface area contributed by atoms with Crippen molar-refractivity contribution in [3.8, 4) is 0 Å². The van der Waals surface area contributed by atoms with Crippen molar-refractivity contribution in [2.45, 2.75) is 95.3 Å². The second kappa shape index (κ2) is 3.37. The van der Waals surface area contributed by atoms with E-state index < -0.39 is 0 Å². The number of nitrogens with zero attached hydrogens (tertiary/aromatic N) is 3. The van der Waals surface area contributed by atoms with Gasteiger partial charge in [0.2, 0.25) is 0 Å². The molecular weight excluding hydrogens is 234 g/mol. The molecule has 4 fully saturated rings. The molecule has 1 aliphatic heterocycles. The first-order valence-electron chi connectivity index (χ1n) is 8.24. The molecule has 0 aromatic heterocycles. The van der Waals surface area contributed by atoms with E-state index in [1.54, 1.807) is 0 Å². The highest BCUT2D eigenvalue weighted by Gasteiger charge is 2.77. The highest BCUT2D eigenvalue weighted by Crippen LogP contribution is 2.68. The van der Waals surface area contributed by atoms with Crippen LogP contribution in [-0.4, -0.2) is 50.8 Å². The Balaban J connectivity index is 1.82. The summed E-state index contributed by atoms with van der Waals surface area (Å²) in [5, 5.41) is 0. The van der Waals surface area contributed by atoms with Crippen LogP contribution in [0.15, 0.2) is 0 Å². The lowest BCUT2D eigenvalue weighted by Crippen LogP contribution is -2.76. The van der Waals surface area contributed by atoms with Crippen molar-refractivity contribution in [2.75, 3.05) is 7.05 Å². The van der Waals surface area contributed by atoms with E-state index >= 15 is 0 Å². The van der Waals surface area contributed by atoms with E-state index in [0.29, 0.717) is 29.1 Å². The molecule has 0 bridgehead atoms. The smallest absolute Gasteiger partial charge is 0.0774 e. The predicted molar refractivity (Wildman–Crippen MR) is 77.6 cm³/mol. The van der Waals surface area contributed by atoms with Crippen LogP contribution < -0.4 is 0 Å². The number of hydrogen-bond donors (Lipinski definition) is 0. The van der Waals surface area contributed by atoms with Crippen molar-refractivity contribution in [3.05, 3.63) is 0 Å². The van der Waals surface area contributed by atoms with Crippen LogP contribution >= 0.6 is 0 Å². The molecule has 3 nitrogen and oxygen atoms in total. The second-order valence-corrected chi connectivity index (χ2v) is 7.93. The molecule has 4 aliphatic rings. The SMILES string of the molecule is CC(C)N1C2(CC2)N(C)C2(CC2)N(C(C)C)C12CC2. The van der Waals surface area contributed by atoms with E-state index in [4.69, 9.17) is 0 Å². The molecule has 0 N–H and O–H groups in total. The third-order valence-corrected chi connectivity index (χ3v) is 6.17. The Morgan fingerprint density at radius 3 is 1.16 bits per heavy atom. The summed E-state index contributed by atoms with van der Waals surface area (Å²) >= 11 is 0. The second-order valence-electron chi connectivity index (χ2n) is 7.93. The van der Waals surface area contributed by atoms with Crippen LogP contribution in [0.5, 0.6) is 0 Å². The van der Waals surface area contributed by atoms with Crippen LogP contribution in [0.25, 0.3) is 0 Å². The first-order chi connectivity index (χ1) is 8.91. The molecular formula is C16H29N3. The van der Waals surface area contributed by atoms with Crippen LogP contribution in [0.2, 0.25) is 0 Å². The van der Waals surface area contributed by atoms with Gasteiger partial charge >= 0.3 is 0 Å². The van der Waals surface area contributed by atoms with Crippen LogP contribution in [0.4, 0.5) is 0 Å². The number of hydrogen-bond acceptors (Lipinski definition) is 3. The summed E-state index contributed by atoms with van der Waals surface area (Å²) in [5.74, 6) is 0. The fourth-order valence-electron chi connectivity index (χ4n) is 5.49. The van der Waals surface area contributed by atoms with Gasteiger partial charge in [0, 0.05) is 12.1 Å². The summed E-state index contributed by atoms with van der Waals surface area (Å²) in [6, 6.07) is 1.31. The van der Waals surface area contributed by atoms with Crippen molar-refractivity contribution in [3.63, 3.8) is 0 Å². The average molecular weight is 263 g/mol. The zero-order chi connectivity index (χ0) is 13.6. The molecule has 4 rings (SSSR count). The monoisotopic (exact) mass is 263 g/mol. The van der Waals surface area contributed by atoms with Crippen molar-refractivity contribution >= 4 is 0 Å². The third kappa shape index (κ3) is 1.30. The molecule has 0 atom stereocenters. The van der Waals surface area contributed by atoms with Crippen molar-refractivity contribution < 1.29 is 0 Å². The van der Waals surface area contributed by atoms with E-state index in [0.717, 1.165) is 0 Å². The zero-order valence-corrected chi connectivity index (χ0v) is 13.2. The van der Waals surface area contributed by atoms with Crippen molar-refractivity contribution in [1.29, 1.82) is 0 Å². The van der Waals surface area contributed by atoms with Gasteiger partial charge in [0.15, 0.2) is 0 Å². The van der Waals surface area contributed by atoms with Crippen LogP contribution in [0.3, 0.4) is 0 Å². The first kappa shape index (κ1) is 12.6. The van der Waals surface area contributed by atoms with Crippen LogP contribution in [0.1, 0.15) is 66.2 Å². The minimum atomic E-state index is 0.405. The van der Waals surface area contributed by atoms with E-state index in [1.807, 2.05) is 0 Å². The van der Waals surface area contributed by atoms with E-state index in [2.05, 4.69) is 49.4 Å². The van der Waals surface area contributed by atoms with Gasteiger partial charge in [-0.3, -0.25) is 14.7 Å². The summed E-state index contributed by atoms with van der Waals surface area (Å²) in [7, 11) is 2.40. The van der Waals surface area contributed by atoms with Crippen molar-refractivity contribution in [1.82, 2.24) is 14.7 Å². The molecule has 0 unspecified atom stereocenters. The number of rotatable bonds is 2. The van der Waals surface area contributed by atoms with E-state index in [-0.39, 0.29) is 0 Å². The van der Waals surface area contributed by atoms with Crippen LogP contribution in [-0.2, 0) is 0 Å². The van der Waals surface area contributed by atoms with Crippen molar-refractivity contribution in [2.24, 2.45) is 0 Å². The Labute approximate surface area is 117 Å². The van der Waals surface area contributed by atoms with Gasteiger partial charge in [-0.05, 0) is 73.3 Å². The molecule has 1 heterocycles. The van der Waals surface area contributed by atoms with E-state index in [9.17, 15) is 0 Å². The van der Waals surface area contributed by atoms with E-state index in [1.165, 1.54) is 38.5 Å². The van der Waals surface area contributed by atoms with Gasteiger partial charge in [-0.1, -0.05) is 0 Å². The Hall–Kier alpha value is -0.120. The molecule has 3 heteroatoms. The highest BCUT2D eigenvalue weighted by molar-refractivity contribution is 5.26. The molecule has 3 saturated carbocycles. The molecule has 19 heavy (non-hydrogen) atoms. The van der Waals surface area contributed by atoms with Gasteiger partial charge in [-0.2, -0.15) is 0 Å². The standard InChI is InChI=1S/C16H29N3/c1-12(2)18-14(6-7-14)17(5)15(8-9-15)19(13(3)4)16(18)10-11-16/h12-13H,6-11H2,1-5H3. The van der Waals surface area contributed by atoms with Gasteiger partial charge in [0.25, 0.3) is 0 Å². The van der Waals surface area contributed by atoms with Gasteiger partial charge in [-0.25, -0.2) is 0 Å². The summed E-state index contributed by atoms with van der Waals surface area (Å²) in [6.07, 6.45) is 8.32. The maximum atomic E-state index is 2.89. The molecule has 1 saturated heterocycles. The summed E-state index contributed by atoms with van der Waals surface area (Å²) < 4.78 is 0. The Morgan fingerprint density at radius 1 is 0.632 bits per heavy atom. The molecule has 0 aromatic rings. The Bertz CT molecular complexity index is 368. The Kier molecular flexibility index (Phi) is 2.24. The highest BCUT2D eigenvalue weighted by atomic mass is 15.7. The minimum Gasteiger partial charge on any atom is -0.270 e. The van der Waals surface area contributed by atoms with Crippen LogP contribution in [0, 0.1) is 0 Å². The first-order valence-corrected chi connectivity index (χ1v) is 8.24. The fourth-order valence-corrected chi connectivity index (χ4v) is 5.49. The molecule has 0 aromatic carbocycles. The lowest BCUT2D eigenvalue weighted by atomic mass is 10.0. The maximum absolute atomic E-state index is 2.89. The third-order valence-electron chi connectivity index (χ3n) is 6.17. The molecule has 3 spiro atoms. The normalized spacial score (nSPS) is 34.9. The zero-order valence-electron chi connectivity index (χ0n) is 13.2. The Morgan fingerprint density at radius 2 is 0.947 bits per heavy atom. The largest absolute Gasteiger partial charge is 0.270 e. The molecule has 0 amide bonds. The molecule has 0 radical (unpaired) electrons. The van der Waals surface area contributed by atoms with Gasteiger partial charge in [-0.15, -0.1) is 0 Å². The lowest BCUT2D eigenvalue weighted by Gasteiger charge is -2.62. The maximum Gasteiger partial charge on any atom is 0.0774 e. The lowest BCUT2D eigenvalue weighted by molar-refractivity contribution is -0.225. The average Bonchev–Trinajstić information content (AvgIpc) is 3.15. The summed E-state index contributed by atoms with van der Waals surface area (Å²) in [6.45, 7) is 9.60.